The summed E-state index contributed by atoms with van der Waals surface area (Å²) in [6.07, 6.45) is 3.44. The second-order valence-electron chi connectivity index (χ2n) is 9.09. The Morgan fingerprint density at radius 2 is 1.86 bits per heavy atom. The summed E-state index contributed by atoms with van der Waals surface area (Å²) in [6, 6.07) is 6.95. The SMILES string of the molecule is CC(C)[C@H]1CC[C@H](C)C[C@H]1OC[C@H](O)CN1CCN(c2ccccc2F)CC1. The molecule has 1 saturated carbocycles. The van der Waals surface area contributed by atoms with Gasteiger partial charge in [-0.15, -0.1) is 0 Å². The van der Waals surface area contributed by atoms with Gasteiger partial charge in [-0.05, 0) is 42.7 Å². The molecule has 0 radical (unpaired) electrons. The van der Waals surface area contributed by atoms with E-state index in [9.17, 15) is 9.50 Å². The van der Waals surface area contributed by atoms with E-state index in [1.54, 1.807) is 6.07 Å². The monoisotopic (exact) mass is 392 g/mol. The molecule has 0 amide bonds. The lowest BCUT2D eigenvalue weighted by atomic mass is 9.75. The number of anilines is 1. The average Bonchev–Trinajstić information content (AvgIpc) is 2.67. The van der Waals surface area contributed by atoms with Crippen molar-refractivity contribution in [3.8, 4) is 0 Å². The third-order valence-corrected chi connectivity index (χ3v) is 6.50. The topological polar surface area (TPSA) is 35.9 Å². The van der Waals surface area contributed by atoms with Crippen molar-refractivity contribution in [1.29, 1.82) is 0 Å². The highest BCUT2D eigenvalue weighted by Gasteiger charge is 2.32. The molecule has 0 unspecified atom stereocenters. The smallest absolute Gasteiger partial charge is 0.146 e. The molecule has 4 atom stereocenters. The Hall–Kier alpha value is -1.17. The number of aliphatic hydroxyl groups is 1. The average molecular weight is 393 g/mol. The van der Waals surface area contributed by atoms with Crippen molar-refractivity contribution in [2.24, 2.45) is 17.8 Å². The van der Waals surface area contributed by atoms with E-state index in [1.165, 1.54) is 18.9 Å². The number of piperazine rings is 1. The van der Waals surface area contributed by atoms with Gasteiger partial charge in [-0.3, -0.25) is 4.90 Å². The molecular formula is C23H37FN2O2. The maximum absolute atomic E-state index is 14.0. The number of para-hydroxylation sites is 1. The van der Waals surface area contributed by atoms with Crippen molar-refractivity contribution in [1.82, 2.24) is 4.90 Å². The van der Waals surface area contributed by atoms with Crippen LogP contribution in [0.1, 0.15) is 40.0 Å². The molecule has 5 heteroatoms. The second kappa shape index (κ2) is 10.0. The van der Waals surface area contributed by atoms with Crippen molar-refractivity contribution in [2.45, 2.75) is 52.2 Å². The van der Waals surface area contributed by atoms with Gasteiger partial charge in [-0.1, -0.05) is 39.3 Å². The number of aliphatic hydroxyl groups excluding tert-OH is 1. The number of halogens is 1. The largest absolute Gasteiger partial charge is 0.389 e. The minimum atomic E-state index is -0.468. The fourth-order valence-corrected chi connectivity index (χ4v) is 4.77. The van der Waals surface area contributed by atoms with Crippen molar-refractivity contribution >= 4 is 5.69 Å². The van der Waals surface area contributed by atoms with E-state index in [4.69, 9.17) is 4.74 Å². The van der Waals surface area contributed by atoms with Gasteiger partial charge in [0.25, 0.3) is 0 Å². The van der Waals surface area contributed by atoms with Gasteiger partial charge in [0, 0.05) is 32.7 Å². The van der Waals surface area contributed by atoms with E-state index in [0.29, 0.717) is 36.6 Å². The maximum Gasteiger partial charge on any atom is 0.146 e. The van der Waals surface area contributed by atoms with Crippen LogP contribution in [0.25, 0.3) is 0 Å². The molecule has 4 nitrogen and oxygen atoms in total. The molecule has 158 valence electrons. The molecule has 3 rings (SSSR count). The van der Waals surface area contributed by atoms with Crippen LogP contribution >= 0.6 is 0 Å². The highest BCUT2D eigenvalue weighted by molar-refractivity contribution is 5.47. The summed E-state index contributed by atoms with van der Waals surface area (Å²) in [4.78, 5) is 4.35. The number of β-amino-alcohol motifs (C(OH)–C–C–N with tert-alkyl or cyclic N) is 1. The van der Waals surface area contributed by atoms with E-state index in [1.807, 2.05) is 12.1 Å². The fraction of sp³-hybridized carbons (Fsp3) is 0.739. The number of rotatable bonds is 7. The Labute approximate surface area is 169 Å². The van der Waals surface area contributed by atoms with Crippen LogP contribution in [0.15, 0.2) is 24.3 Å². The van der Waals surface area contributed by atoms with Gasteiger partial charge in [0.2, 0.25) is 0 Å². The standard InChI is InChI=1S/C23H37FN2O2/c1-17(2)20-9-8-18(3)14-23(20)28-16-19(27)15-25-10-12-26(13-11-25)22-7-5-4-6-21(22)24/h4-7,17-20,23,27H,8-16H2,1-3H3/t18-,19+,20+,23+/m0/s1. The van der Waals surface area contributed by atoms with Crippen LogP contribution in [-0.2, 0) is 4.74 Å². The van der Waals surface area contributed by atoms with Crippen LogP contribution in [0, 0.1) is 23.6 Å². The van der Waals surface area contributed by atoms with E-state index >= 15 is 0 Å². The highest BCUT2D eigenvalue weighted by Crippen LogP contribution is 2.35. The first-order chi connectivity index (χ1) is 13.4. The first-order valence-corrected chi connectivity index (χ1v) is 11.0. The Balaban J connectivity index is 1.42. The van der Waals surface area contributed by atoms with Crippen LogP contribution < -0.4 is 4.90 Å². The van der Waals surface area contributed by atoms with Gasteiger partial charge in [0.1, 0.15) is 5.82 Å². The molecule has 1 aliphatic carbocycles. The molecule has 1 aliphatic heterocycles. The van der Waals surface area contributed by atoms with Crippen molar-refractivity contribution in [3.05, 3.63) is 30.1 Å². The Bertz CT molecular complexity index is 604. The Morgan fingerprint density at radius 1 is 1.14 bits per heavy atom. The van der Waals surface area contributed by atoms with E-state index in [0.717, 1.165) is 32.6 Å². The molecule has 1 heterocycles. The predicted octanol–water partition coefficient (Wildman–Crippen LogP) is 3.79. The molecular weight excluding hydrogens is 355 g/mol. The zero-order chi connectivity index (χ0) is 20.1. The zero-order valence-corrected chi connectivity index (χ0v) is 17.7. The summed E-state index contributed by atoms with van der Waals surface area (Å²) in [5.41, 5.74) is 0.678. The zero-order valence-electron chi connectivity index (χ0n) is 17.7. The van der Waals surface area contributed by atoms with Crippen LogP contribution in [0.5, 0.6) is 0 Å². The maximum atomic E-state index is 14.0. The van der Waals surface area contributed by atoms with Gasteiger partial charge in [0.15, 0.2) is 0 Å². The molecule has 1 aromatic carbocycles. The van der Waals surface area contributed by atoms with Crippen molar-refractivity contribution < 1.29 is 14.2 Å². The molecule has 0 spiro atoms. The van der Waals surface area contributed by atoms with Crippen LogP contribution in [-0.4, -0.2) is 61.5 Å². The van der Waals surface area contributed by atoms with Gasteiger partial charge >= 0.3 is 0 Å². The molecule has 28 heavy (non-hydrogen) atoms. The van der Waals surface area contributed by atoms with Crippen molar-refractivity contribution in [3.63, 3.8) is 0 Å². The van der Waals surface area contributed by atoms with E-state index < -0.39 is 6.10 Å². The number of hydrogen-bond donors (Lipinski definition) is 1. The molecule has 2 fully saturated rings. The first kappa shape index (κ1) is 21.5. The summed E-state index contributed by atoms with van der Waals surface area (Å²) in [6.45, 7) is 11.1. The van der Waals surface area contributed by atoms with Gasteiger partial charge in [0.05, 0.1) is 24.5 Å². The summed E-state index contributed by atoms with van der Waals surface area (Å²) in [5, 5.41) is 10.5. The number of hydrogen-bond acceptors (Lipinski definition) is 4. The van der Waals surface area contributed by atoms with Gasteiger partial charge in [-0.2, -0.15) is 0 Å². The minimum absolute atomic E-state index is 0.161. The summed E-state index contributed by atoms with van der Waals surface area (Å²) >= 11 is 0. The molecule has 0 bridgehead atoms. The third kappa shape index (κ3) is 5.68. The first-order valence-electron chi connectivity index (χ1n) is 11.0. The molecule has 2 aliphatic rings. The molecule has 1 saturated heterocycles. The summed E-state index contributed by atoms with van der Waals surface area (Å²) in [5.74, 6) is 1.78. The number of ether oxygens (including phenoxy) is 1. The lowest BCUT2D eigenvalue weighted by Crippen LogP contribution is -2.49. The number of nitrogens with zero attached hydrogens (tertiary/aromatic N) is 2. The normalized spacial score (nSPS) is 27.9. The van der Waals surface area contributed by atoms with Crippen LogP contribution in [0.2, 0.25) is 0 Å². The second-order valence-corrected chi connectivity index (χ2v) is 9.09. The Kier molecular flexibility index (Phi) is 7.72. The van der Waals surface area contributed by atoms with Gasteiger partial charge < -0.3 is 14.7 Å². The van der Waals surface area contributed by atoms with E-state index in [-0.39, 0.29) is 11.9 Å². The van der Waals surface area contributed by atoms with Crippen molar-refractivity contribution in [2.75, 3.05) is 44.2 Å². The predicted molar refractivity (Wildman–Crippen MR) is 112 cm³/mol. The summed E-state index contributed by atoms with van der Waals surface area (Å²) < 4.78 is 20.2. The minimum Gasteiger partial charge on any atom is -0.389 e. The fourth-order valence-electron chi connectivity index (χ4n) is 4.77. The number of benzene rings is 1. The Morgan fingerprint density at radius 3 is 2.54 bits per heavy atom. The molecule has 1 aromatic rings. The highest BCUT2D eigenvalue weighted by atomic mass is 19.1. The molecule has 0 aromatic heterocycles. The lowest BCUT2D eigenvalue weighted by Gasteiger charge is -2.39. The van der Waals surface area contributed by atoms with Gasteiger partial charge in [-0.25, -0.2) is 4.39 Å². The third-order valence-electron chi connectivity index (χ3n) is 6.50. The van der Waals surface area contributed by atoms with E-state index in [2.05, 4.69) is 30.6 Å². The van der Waals surface area contributed by atoms with Crippen LogP contribution in [0.3, 0.4) is 0 Å². The molecule has 1 N–H and O–H groups in total. The summed E-state index contributed by atoms with van der Waals surface area (Å²) in [7, 11) is 0. The van der Waals surface area contributed by atoms with Crippen LogP contribution in [0.4, 0.5) is 10.1 Å². The lowest BCUT2D eigenvalue weighted by molar-refractivity contribution is -0.0740. The quantitative estimate of drug-likeness (QED) is 0.766.